The molecule has 5 nitrogen and oxygen atoms in total. The monoisotopic (exact) mass is 380 g/mol. The van der Waals surface area contributed by atoms with Gasteiger partial charge in [0.2, 0.25) is 17.7 Å². The van der Waals surface area contributed by atoms with Crippen molar-refractivity contribution in [3.8, 4) is 0 Å². The van der Waals surface area contributed by atoms with Gasteiger partial charge in [-0.1, -0.05) is 42.5 Å². The van der Waals surface area contributed by atoms with Crippen LogP contribution in [-0.2, 0) is 32.8 Å². The third kappa shape index (κ3) is 2.89. The quantitative estimate of drug-likeness (QED) is 0.769. The van der Waals surface area contributed by atoms with Gasteiger partial charge in [0.25, 0.3) is 0 Å². The van der Waals surface area contributed by atoms with Crippen molar-refractivity contribution in [2.75, 3.05) is 13.6 Å². The number of carbonyl (C=O) groups excluding carboxylic acids is 3. The van der Waals surface area contributed by atoms with Gasteiger partial charge in [-0.25, -0.2) is 4.39 Å². The minimum atomic E-state index is -1.48. The largest absolute Gasteiger partial charge is 0.338 e. The minimum Gasteiger partial charge on any atom is -0.338 e. The average molecular weight is 380 g/mol. The van der Waals surface area contributed by atoms with Crippen molar-refractivity contribution in [2.45, 2.75) is 31.2 Å². The van der Waals surface area contributed by atoms with Crippen molar-refractivity contribution < 1.29 is 18.8 Å². The van der Waals surface area contributed by atoms with Crippen LogP contribution < -0.4 is 0 Å². The second-order valence-electron chi connectivity index (χ2n) is 7.51. The van der Waals surface area contributed by atoms with Gasteiger partial charge in [-0.3, -0.25) is 19.3 Å². The van der Waals surface area contributed by atoms with Crippen molar-refractivity contribution in [1.82, 2.24) is 9.80 Å². The number of nitrogens with zero attached hydrogens (tertiary/aromatic N) is 2. The first-order valence-corrected chi connectivity index (χ1v) is 9.33. The van der Waals surface area contributed by atoms with Gasteiger partial charge in [0.05, 0.1) is 5.41 Å². The van der Waals surface area contributed by atoms with Crippen LogP contribution in [0.15, 0.2) is 48.5 Å². The maximum atomic E-state index is 14.6. The minimum absolute atomic E-state index is 0.114. The molecule has 1 saturated heterocycles. The van der Waals surface area contributed by atoms with Gasteiger partial charge in [-0.2, -0.15) is 0 Å². The number of likely N-dealkylation sites (N-methyl/N-ethyl adjacent to an activating group) is 1. The molecule has 2 aromatic rings. The van der Waals surface area contributed by atoms with Gasteiger partial charge < -0.3 is 4.90 Å². The van der Waals surface area contributed by atoms with Gasteiger partial charge in [0.1, 0.15) is 5.82 Å². The van der Waals surface area contributed by atoms with E-state index in [1.807, 2.05) is 24.3 Å². The molecule has 0 spiro atoms. The second-order valence-corrected chi connectivity index (χ2v) is 7.51. The van der Waals surface area contributed by atoms with E-state index < -0.39 is 23.0 Å². The highest BCUT2D eigenvalue weighted by Crippen LogP contribution is 2.41. The zero-order valence-corrected chi connectivity index (χ0v) is 15.7. The van der Waals surface area contributed by atoms with Crippen LogP contribution in [0.2, 0.25) is 0 Å². The highest BCUT2D eigenvalue weighted by molar-refractivity contribution is 6.10. The summed E-state index contributed by atoms with van der Waals surface area (Å²) in [5.41, 5.74) is 0.921. The van der Waals surface area contributed by atoms with E-state index in [2.05, 4.69) is 0 Å². The lowest BCUT2D eigenvalue weighted by atomic mass is 9.75. The van der Waals surface area contributed by atoms with E-state index >= 15 is 0 Å². The first-order valence-electron chi connectivity index (χ1n) is 9.33. The lowest BCUT2D eigenvalue weighted by molar-refractivity contribution is -0.141. The maximum Gasteiger partial charge on any atom is 0.240 e. The molecule has 2 heterocycles. The SMILES string of the molecule is CN1C(=O)CC(CC(=O)N2CCc3ccccc3C2)(c2ccccc2F)C1=O. The number of amides is 3. The number of rotatable bonds is 3. The van der Waals surface area contributed by atoms with E-state index in [4.69, 9.17) is 0 Å². The lowest BCUT2D eigenvalue weighted by Gasteiger charge is -2.33. The smallest absolute Gasteiger partial charge is 0.240 e. The maximum absolute atomic E-state index is 14.6. The number of hydrogen-bond acceptors (Lipinski definition) is 3. The molecule has 4 rings (SSSR count). The van der Waals surface area contributed by atoms with Crippen LogP contribution in [0.4, 0.5) is 4.39 Å². The summed E-state index contributed by atoms with van der Waals surface area (Å²) in [4.78, 5) is 41.1. The number of benzene rings is 2. The Morgan fingerprint density at radius 2 is 1.75 bits per heavy atom. The lowest BCUT2D eigenvalue weighted by Crippen LogP contribution is -2.44. The molecule has 144 valence electrons. The van der Waals surface area contributed by atoms with Crippen molar-refractivity contribution in [3.05, 3.63) is 71.0 Å². The Morgan fingerprint density at radius 3 is 2.43 bits per heavy atom. The fourth-order valence-electron chi connectivity index (χ4n) is 4.26. The molecule has 2 aliphatic heterocycles. The van der Waals surface area contributed by atoms with E-state index in [-0.39, 0.29) is 24.3 Å². The molecule has 3 amide bonds. The Labute approximate surface area is 162 Å². The van der Waals surface area contributed by atoms with Gasteiger partial charge in [-0.15, -0.1) is 0 Å². The summed E-state index contributed by atoms with van der Waals surface area (Å²) in [5.74, 6) is -1.73. The van der Waals surface area contributed by atoms with E-state index in [0.717, 1.165) is 16.9 Å². The van der Waals surface area contributed by atoms with Crippen LogP contribution in [-0.4, -0.2) is 41.1 Å². The van der Waals surface area contributed by atoms with Crippen LogP contribution in [0.1, 0.15) is 29.5 Å². The molecule has 2 aliphatic rings. The van der Waals surface area contributed by atoms with Crippen LogP contribution in [0.25, 0.3) is 0 Å². The van der Waals surface area contributed by atoms with Crippen LogP contribution in [0.5, 0.6) is 0 Å². The fraction of sp³-hybridized carbons (Fsp3) is 0.318. The number of halogens is 1. The molecule has 0 N–H and O–H groups in total. The Balaban J connectivity index is 1.66. The zero-order chi connectivity index (χ0) is 19.9. The van der Waals surface area contributed by atoms with Crippen molar-refractivity contribution in [1.29, 1.82) is 0 Å². The fourth-order valence-corrected chi connectivity index (χ4v) is 4.26. The number of carbonyl (C=O) groups is 3. The van der Waals surface area contributed by atoms with Gasteiger partial charge in [0, 0.05) is 38.5 Å². The number of imide groups is 1. The summed E-state index contributed by atoms with van der Waals surface area (Å²) in [7, 11) is 1.38. The second kappa shape index (κ2) is 6.86. The Kier molecular flexibility index (Phi) is 4.49. The summed E-state index contributed by atoms with van der Waals surface area (Å²) in [6.45, 7) is 1.00. The molecule has 2 aromatic carbocycles. The molecule has 6 heteroatoms. The highest BCUT2D eigenvalue weighted by atomic mass is 19.1. The molecule has 0 bridgehead atoms. The predicted molar refractivity (Wildman–Crippen MR) is 101 cm³/mol. The third-order valence-electron chi connectivity index (χ3n) is 5.87. The molecule has 1 fully saturated rings. The Morgan fingerprint density at radius 1 is 1.07 bits per heavy atom. The topological polar surface area (TPSA) is 57.7 Å². The molecule has 0 radical (unpaired) electrons. The molecule has 1 atom stereocenters. The van der Waals surface area contributed by atoms with Gasteiger partial charge in [0.15, 0.2) is 0 Å². The Bertz CT molecular complexity index is 974. The zero-order valence-electron chi connectivity index (χ0n) is 15.7. The highest BCUT2D eigenvalue weighted by Gasteiger charge is 2.54. The number of hydrogen-bond donors (Lipinski definition) is 0. The first kappa shape index (κ1) is 18.3. The average Bonchev–Trinajstić information content (AvgIpc) is 2.92. The van der Waals surface area contributed by atoms with Gasteiger partial charge in [-0.05, 0) is 23.6 Å². The molecule has 0 saturated carbocycles. The molecule has 1 unspecified atom stereocenters. The number of fused-ring (bicyclic) bond motifs is 1. The van der Waals surface area contributed by atoms with E-state index in [1.54, 1.807) is 11.0 Å². The van der Waals surface area contributed by atoms with Crippen LogP contribution in [0.3, 0.4) is 0 Å². The third-order valence-corrected chi connectivity index (χ3v) is 5.87. The standard InChI is InChI=1S/C22H21FN2O3/c1-24-19(26)12-22(21(24)28,17-8-4-5-9-18(17)23)13-20(27)25-11-10-15-6-2-3-7-16(15)14-25/h2-9H,10-14H2,1H3. The summed E-state index contributed by atoms with van der Waals surface area (Å²) in [5, 5.41) is 0. The van der Waals surface area contributed by atoms with E-state index in [9.17, 15) is 18.8 Å². The van der Waals surface area contributed by atoms with E-state index in [1.165, 1.54) is 30.8 Å². The molecular weight excluding hydrogens is 359 g/mol. The van der Waals surface area contributed by atoms with Crippen LogP contribution in [0, 0.1) is 5.82 Å². The normalized spacial score (nSPS) is 21.8. The molecule has 0 aliphatic carbocycles. The van der Waals surface area contributed by atoms with Crippen LogP contribution >= 0.6 is 0 Å². The first-order chi connectivity index (χ1) is 13.4. The summed E-state index contributed by atoms with van der Waals surface area (Å²) in [6.07, 6.45) is 0.325. The van der Waals surface area contributed by atoms with Gasteiger partial charge >= 0.3 is 0 Å². The molecule has 28 heavy (non-hydrogen) atoms. The number of likely N-dealkylation sites (tertiary alicyclic amines) is 1. The van der Waals surface area contributed by atoms with E-state index in [0.29, 0.717) is 13.1 Å². The van der Waals surface area contributed by atoms with Crippen molar-refractivity contribution >= 4 is 17.7 Å². The van der Waals surface area contributed by atoms with Crippen molar-refractivity contribution in [2.24, 2.45) is 0 Å². The summed E-state index contributed by atoms with van der Waals surface area (Å²) in [6, 6.07) is 13.8. The predicted octanol–water partition coefficient (Wildman–Crippen LogP) is 2.43. The summed E-state index contributed by atoms with van der Waals surface area (Å²) >= 11 is 0. The summed E-state index contributed by atoms with van der Waals surface area (Å²) < 4.78 is 14.6. The molecular formula is C22H21FN2O3. The van der Waals surface area contributed by atoms with Crippen molar-refractivity contribution in [3.63, 3.8) is 0 Å². The molecule has 0 aromatic heterocycles. The Hall–Kier alpha value is -3.02.